The van der Waals surface area contributed by atoms with Gasteiger partial charge in [-0.05, 0) is 37.6 Å². The molecule has 1 unspecified atom stereocenters. The second-order valence-corrected chi connectivity index (χ2v) is 5.97. The van der Waals surface area contributed by atoms with Gasteiger partial charge in [-0.1, -0.05) is 15.9 Å². The lowest BCUT2D eigenvalue weighted by Crippen LogP contribution is -2.53. The fourth-order valence-electron chi connectivity index (χ4n) is 2.49. The third-order valence-electron chi connectivity index (χ3n) is 3.51. The summed E-state index contributed by atoms with van der Waals surface area (Å²) in [7, 11) is 1.64. The molecule has 1 amide bonds. The van der Waals surface area contributed by atoms with E-state index in [-0.39, 0.29) is 11.1 Å². The summed E-state index contributed by atoms with van der Waals surface area (Å²) in [5, 5.41) is 6.15. The molecule has 1 saturated heterocycles. The molecule has 110 valence electrons. The van der Waals surface area contributed by atoms with E-state index in [4.69, 9.17) is 4.74 Å². The summed E-state index contributed by atoms with van der Waals surface area (Å²) in [5.41, 5.74) is -0.197. The Kier molecular flexibility index (Phi) is 5.12. The first-order valence-corrected chi connectivity index (χ1v) is 7.33. The van der Waals surface area contributed by atoms with E-state index in [0.29, 0.717) is 17.6 Å². The maximum atomic E-state index is 13.6. The lowest BCUT2D eigenvalue weighted by Gasteiger charge is -2.29. The second-order valence-electron chi connectivity index (χ2n) is 5.05. The number of halogens is 2. The molecule has 4 nitrogen and oxygen atoms in total. The average molecular weight is 345 g/mol. The molecule has 0 aromatic heterocycles. The van der Waals surface area contributed by atoms with E-state index in [1.165, 1.54) is 12.1 Å². The number of hydrogen-bond acceptors (Lipinski definition) is 3. The minimum Gasteiger partial charge on any atom is -0.383 e. The van der Waals surface area contributed by atoms with Crippen LogP contribution in [0.3, 0.4) is 0 Å². The zero-order chi connectivity index (χ0) is 14.6. The van der Waals surface area contributed by atoms with E-state index in [1.807, 2.05) is 0 Å². The normalized spacial score (nSPS) is 21.9. The predicted octanol–water partition coefficient (Wildman–Crippen LogP) is 2.09. The first-order chi connectivity index (χ1) is 9.56. The molecule has 1 heterocycles. The minimum absolute atomic E-state index is 0.0462. The summed E-state index contributed by atoms with van der Waals surface area (Å²) < 4.78 is 19.5. The van der Waals surface area contributed by atoms with Crippen molar-refractivity contribution in [2.45, 2.75) is 18.4 Å². The van der Waals surface area contributed by atoms with Gasteiger partial charge in [-0.3, -0.25) is 4.79 Å². The molecule has 0 saturated carbocycles. The highest BCUT2D eigenvalue weighted by molar-refractivity contribution is 9.10. The molecule has 2 N–H and O–H groups in total. The fraction of sp³-hybridized carbons (Fsp3) is 0.500. The fourth-order valence-corrected chi connectivity index (χ4v) is 2.85. The smallest absolute Gasteiger partial charge is 0.254 e. The summed E-state index contributed by atoms with van der Waals surface area (Å²) in [6.07, 6.45) is 1.98. The van der Waals surface area contributed by atoms with Gasteiger partial charge in [-0.25, -0.2) is 4.39 Å². The van der Waals surface area contributed by atoms with Gasteiger partial charge in [0.2, 0.25) is 0 Å². The van der Waals surface area contributed by atoms with Crippen LogP contribution in [0.2, 0.25) is 0 Å². The van der Waals surface area contributed by atoms with Crippen LogP contribution in [0.15, 0.2) is 22.7 Å². The van der Waals surface area contributed by atoms with Crippen LogP contribution in [0.1, 0.15) is 23.2 Å². The number of benzene rings is 1. The third kappa shape index (κ3) is 3.56. The Hall–Kier alpha value is -0.980. The van der Waals surface area contributed by atoms with Crippen molar-refractivity contribution in [2.24, 2.45) is 0 Å². The molecular formula is C14H18BrFN2O2. The molecule has 1 atom stereocenters. The Bertz CT molecular complexity index is 490. The topological polar surface area (TPSA) is 50.4 Å². The van der Waals surface area contributed by atoms with Crippen LogP contribution >= 0.6 is 15.9 Å². The van der Waals surface area contributed by atoms with Gasteiger partial charge >= 0.3 is 0 Å². The number of carbonyl (C=O) groups is 1. The number of methoxy groups -OCH3 is 1. The van der Waals surface area contributed by atoms with E-state index in [0.717, 1.165) is 19.4 Å². The zero-order valence-electron chi connectivity index (χ0n) is 11.3. The molecule has 1 aliphatic rings. The van der Waals surface area contributed by atoms with E-state index >= 15 is 0 Å². The monoisotopic (exact) mass is 344 g/mol. The molecule has 1 fully saturated rings. The molecule has 0 bridgehead atoms. The molecule has 1 aromatic rings. The van der Waals surface area contributed by atoms with E-state index in [2.05, 4.69) is 26.6 Å². The lowest BCUT2D eigenvalue weighted by atomic mass is 9.98. The number of amides is 1. The first kappa shape index (κ1) is 15.4. The Balaban J connectivity index is 2.02. The van der Waals surface area contributed by atoms with Crippen LogP contribution in [-0.2, 0) is 4.74 Å². The van der Waals surface area contributed by atoms with Gasteiger partial charge in [0.1, 0.15) is 5.82 Å². The Morgan fingerprint density at radius 3 is 3.05 bits per heavy atom. The summed E-state index contributed by atoms with van der Waals surface area (Å²) in [4.78, 5) is 12.1. The lowest BCUT2D eigenvalue weighted by molar-refractivity contribution is 0.0888. The van der Waals surface area contributed by atoms with Crippen molar-refractivity contribution < 1.29 is 13.9 Å². The number of ether oxygens (including phenoxy) is 1. The number of rotatable bonds is 5. The van der Waals surface area contributed by atoms with Crippen LogP contribution in [-0.4, -0.2) is 38.3 Å². The average Bonchev–Trinajstić information content (AvgIpc) is 2.88. The molecule has 6 heteroatoms. The summed E-state index contributed by atoms with van der Waals surface area (Å²) in [6.45, 7) is 1.85. The molecule has 2 rings (SSSR count). The molecule has 0 radical (unpaired) electrons. The van der Waals surface area contributed by atoms with Gasteiger partial charge in [-0.2, -0.15) is 0 Å². The van der Waals surface area contributed by atoms with Gasteiger partial charge in [-0.15, -0.1) is 0 Å². The van der Waals surface area contributed by atoms with Crippen molar-refractivity contribution in [3.63, 3.8) is 0 Å². The second kappa shape index (κ2) is 6.65. The van der Waals surface area contributed by atoms with Gasteiger partial charge in [0.15, 0.2) is 0 Å². The van der Waals surface area contributed by atoms with Crippen LogP contribution < -0.4 is 10.6 Å². The molecule has 1 aromatic carbocycles. The van der Waals surface area contributed by atoms with Crippen molar-refractivity contribution in [2.75, 3.05) is 26.8 Å². The van der Waals surface area contributed by atoms with E-state index in [1.54, 1.807) is 13.2 Å². The highest BCUT2D eigenvalue weighted by Gasteiger charge is 2.34. The van der Waals surface area contributed by atoms with Crippen molar-refractivity contribution >= 4 is 21.8 Å². The molecule has 20 heavy (non-hydrogen) atoms. The van der Waals surface area contributed by atoms with Gasteiger partial charge in [0, 0.05) is 18.1 Å². The molecule has 0 aliphatic carbocycles. The predicted molar refractivity (Wildman–Crippen MR) is 78.3 cm³/mol. The molecule has 1 aliphatic heterocycles. The molecule has 0 spiro atoms. The number of carbonyl (C=O) groups excluding carboxylic acids is 1. The van der Waals surface area contributed by atoms with Crippen molar-refractivity contribution in [3.05, 3.63) is 34.1 Å². The third-order valence-corrected chi connectivity index (χ3v) is 4.01. The zero-order valence-corrected chi connectivity index (χ0v) is 12.9. The molecular weight excluding hydrogens is 327 g/mol. The van der Waals surface area contributed by atoms with E-state index in [9.17, 15) is 9.18 Å². The van der Waals surface area contributed by atoms with Crippen molar-refractivity contribution in [1.29, 1.82) is 0 Å². The van der Waals surface area contributed by atoms with Crippen molar-refractivity contribution in [3.8, 4) is 0 Å². The summed E-state index contributed by atoms with van der Waals surface area (Å²) >= 11 is 3.24. The highest BCUT2D eigenvalue weighted by Crippen LogP contribution is 2.20. The minimum atomic E-state index is -0.522. The van der Waals surface area contributed by atoms with Gasteiger partial charge < -0.3 is 15.4 Å². The summed E-state index contributed by atoms with van der Waals surface area (Å²) in [5.74, 6) is -0.932. The van der Waals surface area contributed by atoms with Crippen LogP contribution in [0, 0.1) is 5.82 Å². The van der Waals surface area contributed by atoms with Gasteiger partial charge in [0.05, 0.1) is 17.7 Å². The van der Waals surface area contributed by atoms with Crippen molar-refractivity contribution in [1.82, 2.24) is 10.6 Å². The Morgan fingerprint density at radius 1 is 1.60 bits per heavy atom. The van der Waals surface area contributed by atoms with Crippen LogP contribution in [0.25, 0.3) is 0 Å². The summed E-state index contributed by atoms with van der Waals surface area (Å²) in [6, 6.07) is 4.32. The van der Waals surface area contributed by atoms with Crippen LogP contribution in [0.4, 0.5) is 4.39 Å². The maximum Gasteiger partial charge on any atom is 0.254 e. The Labute approximate surface area is 126 Å². The number of hydrogen-bond donors (Lipinski definition) is 2. The van der Waals surface area contributed by atoms with Crippen LogP contribution in [0.5, 0.6) is 0 Å². The maximum absolute atomic E-state index is 13.6. The highest BCUT2D eigenvalue weighted by atomic mass is 79.9. The first-order valence-electron chi connectivity index (χ1n) is 6.53. The quantitative estimate of drug-likeness (QED) is 0.859. The Morgan fingerprint density at radius 2 is 2.40 bits per heavy atom. The van der Waals surface area contributed by atoms with E-state index < -0.39 is 11.7 Å². The SMILES string of the molecule is COCC1(CNC(=O)c2cc(Br)ccc2F)CCCN1. The largest absolute Gasteiger partial charge is 0.383 e. The van der Waals surface area contributed by atoms with Gasteiger partial charge in [0.25, 0.3) is 5.91 Å². The standard InChI is InChI=1S/C14H18BrFN2O2/c1-20-9-14(5-2-6-18-14)8-17-13(19)11-7-10(15)3-4-12(11)16/h3-4,7,18H,2,5-6,8-9H2,1H3,(H,17,19). The number of nitrogens with one attached hydrogen (secondary N) is 2.